The number of halogens is 2. The summed E-state index contributed by atoms with van der Waals surface area (Å²) in [5, 5.41) is 15.4. The molecule has 2 aromatic rings. The molecule has 0 radical (unpaired) electrons. The largest absolute Gasteiger partial charge is 0.497 e. The topological polar surface area (TPSA) is 57.6 Å². The van der Waals surface area contributed by atoms with Crippen LogP contribution in [0.3, 0.4) is 0 Å². The normalized spacial score (nSPS) is 13.0. The predicted molar refractivity (Wildman–Crippen MR) is 128 cm³/mol. The highest BCUT2D eigenvalue weighted by Gasteiger charge is 2.24. The van der Waals surface area contributed by atoms with E-state index in [0.717, 1.165) is 48.3 Å². The van der Waals surface area contributed by atoms with Crippen LogP contribution in [-0.4, -0.2) is 53.9 Å². The highest BCUT2D eigenvalue weighted by molar-refractivity contribution is 5.91. The van der Waals surface area contributed by atoms with Gasteiger partial charge in [-0.05, 0) is 37.9 Å². The smallest absolute Gasteiger partial charge is 0.121 e. The van der Waals surface area contributed by atoms with E-state index < -0.39 is 5.60 Å². The minimum Gasteiger partial charge on any atom is -0.497 e. The highest BCUT2D eigenvalue weighted by Crippen LogP contribution is 2.28. The van der Waals surface area contributed by atoms with Gasteiger partial charge in [-0.25, -0.2) is 0 Å². The number of aromatic nitrogens is 1. The molecule has 2 rings (SSSR count). The molecule has 0 aliphatic rings. The molecule has 7 heteroatoms. The van der Waals surface area contributed by atoms with Crippen LogP contribution in [0, 0.1) is 5.92 Å². The Bertz CT molecular complexity index is 726. The zero-order valence-corrected chi connectivity index (χ0v) is 19.9. The molecule has 0 aliphatic heterocycles. The van der Waals surface area contributed by atoms with Crippen molar-refractivity contribution in [3.8, 4) is 5.75 Å². The number of hydrogen-bond acceptors (Lipinski definition) is 5. The van der Waals surface area contributed by atoms with Gasteiger partial charge in [0.1, 0.15) is 5.75 Å². The summed E-state index contributed by atoms with van der Waals surface area (Å²) in [4.78, 5) is 6.86. The first kappa shape index (κ1) is 27.7. The molecule has 0 saturated heterocycles. The summed E-state index contributed by atoms with van der Waals surface area (Å²) in [6, 6.07) is 7.84. The zero-order valence-electron chi connectivity index (χ0n) is 18.3. The van der Waals surface area contributed by atoms with Crippen LogP contribution in [-0.2, 0) is 0 Å². The lowest BCUT2D eigenvalue weighted by Gasteiger charge is -2.33. The van der Waals surface area contributed by atoms with Gasteiger partial charge in [-0.15, -0.1) is 24.8 Å². The number of pyridine rings is 1. The molecule has 1 heterocycles. The molecule has 0 amide bonds. The summed E-state index contributed by atoms with van der Waals surface area (Å²) in [5.41, 5.74) is 0.931. The Morgan fingerprint density at radius 1 is 1.28 bits per heavy atom. The predicted octanol–water partition coefficient (Wildman–Crippen LogP) is 5.01. The fourth-order valence-corrected chi connectivity index (χ4v) is 3.37. The van der Waals surface area contributed by atoms with Crippen LogP contribution in [0.4, 0.5) is 5.69 Å². The second-order valence-corrected chi connectivity index (χ2v) is 8.08. The first-order chi connectivity index (χ1) is 12.8. The van der Waals surface area contributed by atoms with Gasteiger partial charge in [0.15, 0.2) is 0 Å². The van der Waals surface area contributed by atoms with Crippen LogP contribution < -0.4 is 10.1 Å². The number of fused-ring (bicyclic) bond motifs is 1. The van der Waals surface area contributed by atoms with E-state index in [4.69, 9.17) is 4.74 Å². The maximum absolute atomic E-state index is 11.0. The lowest BCUT2D eigenvalue weighted by Crippen LogP contribution is -2.46. The Labute approximate surface area is 188 Å². The van der Waals surface area contributed by atoms with Crippen molar-refractivity contribution in [1.82, 2.24) is 9.88 Å². The van der Waals surface area contributed by atoms with Gasteiger partial charge in [0.25, 0.3) is 0 Å². The van der Waals surface area contributed by atoms with Gasteiger partial charge < -0.3 is 20.1 Å². The Balaban J connectivity index is 0.00000392. The van der Waals surface area contributed by atoms with Crippen LogP contribution >= 0.6 is 24.8 Å². The first-order valence-electron chi connectivity index (χ1n) is 9.96. The monoisotopic (exact) mass is 445 g/mol. The van der Waals surface area contributed by atoms with Gasteiger partial charge in [0, 0.05) is 37.3 Å². The minimum atomic E-state index is -0.840. The second kappa shape index (κ2) is 13.1. The summed E-state index contributed by atoms with van der Waals surface area (Å²) < 4.78 is 5.41. The molecule has 1 atom stereocenters. The third kappa shape index (κ3) is 8.95. The van der Waals surface area contributed by atoms with E-state index >= 15 is 0 Å². The summed E-state index contributed by atoms with van der Waals surface area (Å²) in [6.45, 7) is 11.7. The third-order valence-corrected chi connectivity index (χ3v) is 4.59. The molecule has 1 aromatic heterocycles. The van der Waals surface area contributed by atoms with Crippen molar-refractivity contribution < 1.29 is 9.84 Å². The lowest BCUT2D eigenvalue weighted by molar-refractivity contribution is 0.0270. The van der Waals surface area contributed by atoms with Gasteiger partial charge in [-0.3, -0.25) is 4.98 Å². The van der Waals surface area contributed by atoms with Crippen LogP contribution in [0.1, 0.15) is 40.5 Å². The first-order valence-corrected chi connectivity index (χ1v) is 9.96. The Hall–Kier alpha value is -1.27. The van der Waals surface area contributed by atoms with E-state index in [1.807, 2.05) is 31.2 Å². The highest BCUT2D eigenvalue weighted by atomic mass is 35.5. The summed E-state index contributed by atoms with van der Waals surface area (Å²) in [6.07, 6.45) is 4.10. The van der Waals surface area contributed by atoms with Gasteiger partial charge in [0.05, 0.1) is 23.9 Å². The standard InChI is InChI=1S/C22H35N3O2.2ClH/c1-6-7-11-25(14-17(2)3)16-22(4,26)15-24-20-13-19(27-5)12-18-9-8-10-23-21(18)20;;/h8-10,12-13,17,24,26H,6-7,11,14-16H2,1-5H3;2*1H. The van der Waals surface area contributed by atoms with Crippen LogP contribution in [0.5, 0.6) is 5.75 Å². The maximum Gasteiger partial charge on any atom is 0.121 e. The molecule has 0 saturated carbocycles. The van der Waals surface area contributed by atoms with E-state index in [1.165, 1.54) is 0 Å². The average molecular weight is 446 g/mol. The van der Waals surface area contributed by atoms with E-state index in [2.05, 4.69) is 36.0 Å². The second-order valence-electron chi connectivity index (χ2n) is 8.08. The zero-order chi connectivity index (χ0) is 19.9. The van der Waals surface area contributed by atoms with Crippen LogP contribution in [0.2, 0.25) is 0 Å². The van der Waals surface area contributed by atoms with Crippen molar-refractivity contribution in [3.63, 3.8) is 0 Å². The summed E-state index contributed by atoms with van der Waals surface area (Å²) in [7, 11) is 1.66. The number of ether oxygens (including phenoxy) is 1. The van der Waals surface area contributed by atoms with Gasteiger partial charge in [-0.1, -0.05) is 33.3 Å². The molecular formula is C22H37Cl2N3O2. The molecule has 166 valence electrons. The molecule has 0 fully saturated rings. The number of nitrogens with zero attached hydrogens (tertiary/aromatic N) is 2. The number of aliphatic hydroxyl groups is 1. The van der Waals surface area contributed by atoms with Gasteiger partial charge >= 0.3 is 0 Å². The van der Waals surface area contributed by atoms with Crippen LogP contribution in [0.15, 0.2) is 30.5 Å². The van der Waals surface area contributed by atoms with Crippen molar-refractivity contribution >= 4 is 41.4 Å². The molecule has 2 N–H and O–H groups in total. The van der Waals surface area contributed by atoms with E-state index in [9.17, 15) is 5.11 Å². The maximum atomic E-state index is 11.0. The molecule has 5 nitrogen and oxygen atoms in total. The Morgan fingerprint density at radius 2 is 2.00 bits per heavy atom. The van der Waals surface area contributed by atoms with Crippen molar-refractivity contribution in [3.05, 3.63) is 30.5 Å². The molecule has 0 spiro atoms. The number of benzene rings is 1. The number of nitrogens with one attached hydrogen (secondary N) is 1. The molecule has 0 bridgehead atoms. The summed E-state index contributed by atoms with van der Waals surface area (Å²) in [5.74, 6) is 1.36. The Morgan fingerprint density at radius 3 is 2.62 bits per heavy atom. The fraction of sp³-hybridized carbons (Fsp3) is 0.591. The van der Waals surface area contributed by atoms with Crippen molar-refractivity contribution in [2.75, 3.05) is 38.6 Å². The Kier molecular flexibility index (Phi) is 12.5. The van der Waals surface area contributed by atoms with Crippen LogP contribution in [0.25, 0.3) is 10.9 Å². The fourth-order valence-electron chi connectivity index (χ4n) is 3.37. The summed E-state index contributed by atoms with van der Waals surface area (Å²) >= 11 is 0. The quantitative estimate of drug-likeness (QED) is 0.508. The van der Waals surface area contributed by atoms with E-state index in [-0.39, 0.29) is 24.8 Å². The SMILES string of the molecule is CCCCN(CC(C)C)CC(C)(O)CNc1cc(OC)cc2cccnc12.Cl.Cl. The number of unbranched alkanes of at least 4 members (excludes halogenated alkanes) is 1. The van der Waals surface area contributed by atoms with Crippen molar-refractivity contribution in [2.45, 2.75) is 46.1 Å². The number of methoxy groups -OCH3 is 1. The molecule has 1 aromatic carbocycles. The minimum absolute atomic E-state index is 0. The van der Waals surface area contributed by atoms with Crippen molar-refractivity contribution in [2.24, 2.45) is 5.92 Å². The van der Waals surface area contributed by atoms with Crippen molar-refractivity contribution in [1.29, 1.82) is 0 Å². The van der Waals surface area contributed by atoms with Gasteiger partial charge in [0.2, 0.25) is 0 Å². The molecule has 1 unspecified atom stereocenters. The molecular weight excluding hydrogens is 409 g/mol. The lowest BCUT2D eigenvalue weighted by atomic mass is 10.0. The van der Waals surface area contributed by atoms with E-state index in [1.54, 1.807) is 13.3 Å². The third-order valence-electron chi connectivity index (χ3n) is 4.59. The average Bonchev–Trinajstić information content (AvgIpc) is 2.63. The molecule has 29 heavy (non-hydrogen) atoms. The van der Waals surface area contributed by atoms with E-state index in [0.29, 0.717) is 19.0 Å². The van der Waals surface area contributed by atoms with Gasteiger partial charge in [-0.2, -0.15) is 0 Å². The number of rotatable bonds is 11. The number of hydrogen-bond donors (Lipinski definition) is 2. The number of anilines is 1. The molecule has 0 aliphatic carbocycles.